The van der Waals surface area contributed by atoms with Crippen LogP contribution in [0, 0.1) is 0 Å². The first-order valence-corrected chi connectivity index (χ1v) is 8.58. The van der Waals surface area contributed by atoms with Gasteiger partial charge in [-0.05, 0) is 49.3 Å². The number of benzene rings is 1. The molecule has 0 bridgehead atoms. The van der Waals surface area contributed by atoms with Crippen LogP contribution in [0.3, 0.4) is 0 Å². The number of H-pyrrole nitrogens is 1. The van der Waals surface area contributed by atoms with E-state index in [0.29, 0.717) is 11.5 Å². The second-order valence-corrected chi connectivity index (χ2v) is 6.71. The first kappa shape index (κ1) is 17.9. The predicted molar refractivity (Wildman–Crippen MR) is 93.4 cm³/mol. The van der Waals surface area contributed by atoms with Gasteiger partial charge in [0.05, 0.1) is 0 Å². The van der Waals surface area contributed by atoms with Gasteiger partial charge in [-0.2, -0.15) is 0 Å². The molecular weight excluding hydrogens is 336 g/mol. The summed E-state index contributed by atoms with van der Waals surface area (Å²) in [6.45, 7) is 0. The van der Waals surface area contributed by atoms with Gasteiger partial charge in [0.1, 0.15) is 6.10 Å². The van der Waals surface area contributed by atoms with Crippen LogP contribution in [-0.2, 0) is 0 Å². The van der Waals surface area contributed by atoms with Gasteiger partial charge in [0.2, 0.25) is 5.69 Å². The van der Waals surface area contributed by atoms with Gasteiger partial charge < -0.3 is 14.7 Å². The molecule has 1 aliphatic carbocycles. The summed E-state index contributed by atoms with van der Waals surface area (Å²) in [6.07, 6.45) is 3.44. The normalized spacial score (nSPS) is 19.8. The Bertz CT molecular complexity index is 777. The maximum atomic E-state index is 12.0. The Morgan fingerprint density at radius 1 is 1.15 bits per heavy atom. The molecule has 3 rings (SSSR count). The smallest absolute Gasteiger partial charge is 0.359 e. The molecule has 0 spiro atoms. The van der Waals surface area contributed by atoms with Gasteiger partial charge in [-0.1, -0.05) is 22.4 Å². The number of rotatable bonds is 5. The molecule has 0 saturated heterocycles. The summed E-state index contributed by atoms with van der Waals surface area (Å²) < 4.78 is 5.71. The summed E-state index contributed by atoms with van der Waals surface area (Å²) in [5.41, 5.74) is 1.78. The van der Waals surface area contributed by atoms with Crippen molar-refractivity contribution in [3.05, 3.63) is 41.1 Å². The lowest BCUT2D eigenvalue weighted by Crippen LogP contribution is -2.24. The number of carbonyl (C=O) groups excluding carboxylic acids is 1. The lowest BCUT2D eigenvalue weighted by atomic mass is 9.82. The molecule has 0 aliphatic heterocycles. The summed E-state index contributed by atoms with van der Waals surface area (Å²) in [5, 5.41) is 18.6. The SMILES string of the molecule is CN(C)C(=O)c1ccc([C@H]2CC[C@H](Oc3nn[nH]c3C(=O)O)CC2)cc1. The van der Waals surface area contributed by atoms with Crippen LogP contribution in [0.4, 0.5) is 0 Å². The van der Waals surface area contributed by atoms with Crippen LogP contribution in [0.25, 0.3) is 0 Å². The number of nitrogens with zero attached hydrogens (tertiary/aromatic N) is 3. The second-order valence-electron chi connectivity index (χ2n) is 6.71. The molecule has 0 atom stereocenters. The standard InChI is InChI=1S/C18H22N4O4/c1-22(2)17(23)13-5-3-11(4-6-13)12-7-9-14(10-8-12)26-16-15(18(24)25)19-21-20-16/h3-6,12,14H,7-10H2,1-2H3,(H,24,25)(H,19,20,21)/t12-,14-. The molecule has 1 fully saturated rings. The van der Waals surface area contributed by atoms with Crippen molar-refractivity contribution in [3.63, 3.8) is 0 Å². The van der Waals surface area contributed by atoms with Gasteiger partial charge >= 0.3 is 5.97 Å². The zero-order chi connectivity index (χ0) is 18.7. The summed E-state index contributed by atoms with van der Waals surface area (Å²) in [5.74, 6) is -0.677. The zero-order valence-electron chi connectivity index (χ0n) is 14.8. The number of nitrogens with one attached hydrogen (secondary N) is 1. The van der Waals surface area contributed by atoms with Crippen molar-refractivity contribution in [3.8, 4) is 5.88 Å². The fourth-order valence-corrected chi connectivity index (χ4v) is 3.27. The van der Waals surface area contributed by atoms with E-state index in [1.807, 2.05) is 24.3 Å². The van der Waals surface area contributed by atoms with Crippen molar-refractivity contribution < 1.29 is 19.4 Å². The molecule has 0 unspecified atom stereocenters. The minimum atomic E-state index is -1.13. The van der Waals surface area contributed by atoms with Crippen LogP contribution in [-0.4, -0.2) is 57.5 Å². The van der Waals surface area contributed by atoms with E-state index < -0.39 is 5.97 Å². The van der Waals surface area contributed by atoms with Crippen molar-refractivity contribution in [1.29, 1.82) is 0 Å². The molecule has 1 heterocycles. The maximum absolute atomic E-state index is 12.0. The third-order valence-electron chi connectivity index (χ3n) is 4.72. The Morgan fingerprint density at radius 2 is 1.81 bits per heavy atom. The van der Waals surface area contributed by atoms with E-state index in [1.54, 1.807) is 19.0 Å². The van der Waals surface area contributed by atoms with Crippen LogP contribution in [0.15, 0.2) is 24.3 Å². The topological polar surface area (TPSA) is 108 Å². The molecule has 1 saturated carbocycles. The molecular formula is C18H22N4O4. The summed E-state index contributed by atoms with van der Waals surface area (Å²) in [7, 11) is 3.48. The second kappa shape index (κ2) is 7.55. The molecule has 2 aromatic rings. The first-order chi connectivity index (χ1) is 12.5. The van der Waals surface area contributed by atoms with Gasteiger partial charge in [-0.3, -0.25) is 4.79 Å². The van der Waals surface area contributed by atoms with Gasteiger partial charge in [-0.15, -0.1) is 0 Å². The Balaban J connectivity index is 1.57. The molecule has 0 radical (unpaired) electrons. The average molecular weight is 358 g/mol. The molecule has 26 heavy (non-hydrogen) atoms. The fraction of sp³-hybridized carbons (Fsp3) is 0.444. The number of hydrogen-bond acceptors (Lipinski definition) is 5. The number of amides is 1. The van der Waals surface area contributed by atoms with Gasteiger partial charge in [0, 0.05) is 19.7 Å². The van der Waals surface area contributed by atoms with E-state index in [0.717, 1.165) is 25.7 Å². The summed E-state index contributed by atoms with van der Waals surface area (Å²) in [4.78, 5) is 24.6. The minimum absolute atomic E-state index is 0.00416. The highest BCUT2D eigenvalue weighted by Crippen LogP contribution is 2.34. The molecule has 8 heteroatoms. The van der Waals surface area contributed by atoms with Crippen LogP contribution in [0.2, 0.25) is 0 Å². The van der Waals surface area contributed by atoms with Crippen LogP contribution < -0.4 is 4.74 Å². The van der Waals surface area contributed by atoms with E-state index >= 15 is 0 Å². The number of carboxylic acid groups (broad SMARTS) is 1. The number of aromatic amines is 1. The van der Waals surface area contributed by atoms with Crippen molar-refractivity contribution in [2.45, 2.75) is 37.7 Å². The Morgan fingerprint density at radius 3 is 2.38 bits per heavy atom. The molecule has 1 aliphatic rings. The molecule has 1 aromatic heterocycles. The van der Waals surface area contributed by atoms with E-state index in [2.05, 4.69) is 15.4 Å². The van der Waals surface area contributed by atoms with E-state index in [9.17, 15) is 9.59 Å². The number of carbonyl (C=O) groups is 2. The van der Waals surface area contributed by atoms with Gasteiger partial charge in [0.25, 0.3) is 11.8 Å². The highest BCUT2D eigenvalue weighted by atomic mass is 16.5. The number of aromatic carboxylic acids is 1. The Labute approximate surface area is 151 Å². The third-order valence-corrected chi connectivity index (χ3v) is 4.72. The molecule has 138 valence electrons. The summed E-state index contributed by atoms with van der Waals surface area (Å²) in [6, 6.07) is 7.77. The number of hydrogen-bond donors (Lipinski definition) is 2. The Hall–Kier alpha value is -2.90. The van der Waals surface area contributed by atoms with Crippen molar-refractivity contribution in [1.82, 2.24) is 20.3 Å². The van der Waals surface area contributed by atoms with Gasteiger partial charge in [0.15, 0.2) is 0 Å². The third kappa shape index (κ3) is 3.84. The highest BCUT2D eigenvalue weighted by Gasteiger charge is 2.26. The van der Waals surface area contributed by atoms with Gasteiger partial charge in [-0.25, -0.2) is 9.89 Å². The fourth-order valence-electron chi connectivity index (χ4n) is 3.27. The number of ether oxygens (including phenoxy) is 1. The summed E-state index contributed by atoms with van der Waals surface area (Å²) >= 11 is 0. The molecule has 1 amide bonds. The Kier molecular flexibility index (Phi) is 5.20. The first-order valence-electron chi connectivity index (χ1n) is 8.58. The lowest BCUT2D eigenvalue weighted by Gasteiger charge is -2.28. The van der Waals surface area contributed by atoms with Crippen molar-refractivity contribution in [2.75, 3.05) is 14.1 Å². The highest BCUT2D eigenvalue weighted by molar-refractivity contribution is 5.93. The number of carboxylic acids is 1. The van der Waals surface area contributed by atoms with E-state index in [-0.39, 0.29) is 23.6 Å². The van der Waals surface area contributed by atoms with E-state index in [1.165, 1.54) is 5.56 Å². The molecule has 1 aromatic carbocycles. The monoisotopic (exact) mass is 358 g/mol. The number of aromatic nitrogens is 3. The zero-order valence-corrected chi connectivity index (χ0v) is 14.8. The minimum Gasteiger partial charge on any atom is -0.476 e. The maximum Gasteiger partial charge on any atom is 0.359 e. The van der Waals surface area contributed by atoms with Crippen LogP contribution >= 0.6 is 0 Å². The average Bonchev–Trinajstić information content (AvgIpc) is 3.10. The lowest BCUT2D eigenvalue weighted by molar-refractivity contribution is 0.0677. The van der Waals surface area contributed by atoms with E-state index in [4.69, 9.17) is 9.84 Å². The largest absolute Gasteiger partial charge is 0.476 e. The van der Waals surface area contributed by atoms with Crippen molar-refractivity contribution >= 4 is 11.9 Å². The molecule has 2 N–H and O–H groups in total. The van der Waals surface area contributed by atoms with Crippen LogP contribution in [0.5, 0.6) is 5.88 Å². The quantitative estimate of drug-likeness (QED) is 0.849. The van der Waals surface area contributed by atoms with Crippen LogP contribution in [0.1, 0.15) is 58.0 Å². The molecule has 8 nitrogen and oxygen atoms in total. The van der Waals surface area contributed by atoms with Crippen molar-refractivity contribution in [2.24, 2.45) is 0 Å². The predicted octanol–water partition coefficient (Wildman–Crippen LogP) is 2.31.